The summed E-state index contributed by atoms with van der Waals surface area (Å²) in [7, 11) is 0. The summed E-state index contributed by atoms with van der Waals surface area (Å²) < 4.78 is 5.21. The number of ether oxygens (including phenoxy) is 1. The smallest absolute Gasteiger partial charge is 0.385 e. The van der Waals surface area contributed by atoms with E-state index in [-0.39, 0.29) is 21.5 Å². The first-order valence-corrected chi connectivity index (χ1v) is 7.71. The minimum absolute atomic E-state index is 0.164. The Hall–Kier alpha value is -1.37. The lowest BCUT2D eigenvalue weighted by Crippen LogP contribution is -2.19. The van der Waals surface area contributed by atoms with E-state index in [1.54, 1.807) is 6.07 Å². The van der Waals surface area contributed by atoms with Gasteiger partial charge in [0, 0.05) is 0 Å². The lowest BCUT2D eigenvalue weighted by molar-refractivity contribution is 0.0722. The molecular weight excluding hydrogens is 351 g/mol. The number of nitrogens with one attached hydrogen (secondary N) is 1. The molecule has 0 saturated heterocycles. The Bertz CT molecular complexity index is 735. The minimum atomic E-state index is -0.766. The van der Waals surface area contributed by atoms with Crippen LogP contribution >= 0.6 is 34.8 Å². The number of carbonyl (C=O) groups is 1. The third-order valence-corrected chi connectivity index (χ3v) is 5.16. The molecule has 1 aliphatic carbocycles. The van der Waals surface area contributed by atoms with Crippen molar-refractivity contribution < 1.29 is 9.53 Å². The number of carbonyl (C=O) groups excluding carboxylic acids is 1. The number of benzene rings is 1. The van der Waals surface area contributed by atoms with Gasteiger partial charge in [-0.1, -0.05) is 30.1 Å². The quantitative estimate of drug-likeness (QED) is 0.516. The molecule has 1 N–H and O–H groups in total. The molecule has 9 heteroatoms. The number of alkyl halides is 1. The molecule has 1 aliphatic rings. The standard InChI is InChI=1S/C13H11Cl3N4O2/c1-2-13(16)4-6-3-8(10(15)9(14)7(6)5-13)22-12(21)11-17-19-20-18-11/h3H,2,4-5H2,1H3,(H,17,18,19,20). The monoisotopic (exact) mass is 360 g/mol. The van der Waals surface area contributed by atoms with Crippen molar-refractivity contribution in [1.82, 2.24) is 20.6 Å². The van der Waals surface area contributed by atoms with Crippen molar-refractivity contribution in [2.75, 3.05) is 0 Å². The van der Waals surface area contributed by atoms with E-state index in [9.17, 15) is 4.79 Å². The summed E-state index contributed by atoms with van der Waals surface area (Å²) in [6.07, 6.45) is 2.08. The molecule has 0 radical (unpaired) electrons. The first-order chi connectivity index (χ1) is 10.4. The highest BCUT2D eigenvalue weighted by Gasteiger charge is 2.36. The Morgan fingerprint density at radius 3 is 2.82 bits per heavy atom. The Morgan fingerprint density at radius 1 is 1.41 bits per heavy atom. The van der Waals surface area contributed by atoms with E-state index < -0.39 is 5.97 Å². The van der Waals surface area contributed by atoms with Crippen LogP contribution in [-0.4, -0.2) is 31.5 Å². The maximum absolute atomic E-state index is 11.9. The Balaban J connectivity index is 1.93. The second-order valence-electron chi connectivity index (χ2n) is 5.12. The van der Waals surface area contributed by atoms with Crippen LogP contribution in [0.5, 0.6) is 5.75 Å². The number of halogens is 3. The van der Waals surface area contributed by atoms with Gasteiger partial charge in [0.1, 0.15) is 5.02 Å². The number of H-pyrrole nitrogens is 1. The van der Waals surface area contributed by atoms with Crippen LogP contribution in [0.15, 0.2) is 6.07 Å². The number of esters is 1. The normalized spacial score (nSPS) is 20.0. The van der Waals surface area contributed by atoms with E-state index in [1.807, 2.05) is 6.92 Å². The van der Waals surface area contributed by atoms with E-state index in [0.717, 1.165) is 17.5 Å². The number of nitrogens with zero attached hydrogens (tertiary/aromatic N) is 3. The van der Waals surface area contributed by atoms with Crippen LogP contribution < -0.4 is 4.74 Å². The van der Waals surface area contributed by atoms with Gasteiger partial charge in [-0.3, -0.25) is 0 Å². The zero-order valence-electron chi connectivity index (χ0n) is 11.5. The molecule has 0 bridgehead atoms. The maximum Gasteiger partial charge on any atom is 0.385 e. The van der Waals surface area contributed by atoms with E-state index in [4.69, 9.17) is 39.5 Å². The first kappa shape index (κ1) is 15.5. The summed E-state index contributed by atoms with van der Waals surface area (Å²) in [5.74, 6) is -0.789. The van der Waals surface area contributed by atoms with Crippen LogP contribution in [-0.2, 0) is 12.8 Å². The van der Waals surface area contributed by atoms with Crippen LogP contribution in [0, 0.1) is 0 Å². The summed E-state index contributed by atoms with van der Waals surface area (Å²) in [5, 5.41) is 13.1. The summed E-state index contributed by atoms with van der Waals surface area (Å²) in [6, 6.07) is 1.70. The van der Waals surface area contributed by atoms with E-state index in [0.29, 0.717) is 17.9 Å². The predicted molar refractivity (Wildman–Crippen MR) is 81.9 cm³/mol. The molecule has 0 amide bonds. The van der Waals surface area contributed by atoms with E-state index in [1.165, 1.54) is 0 Å². The molecule has 22 heavy (non-hydrogen) atoms. The van der Waals surface area contributed by atoms with Crippen LogP contribution in [0.4, 0.5) is 0 Å². The predicted octanol–water partition coefficient (Wildman–Crippen LogP) is 3.21. The van der Waals surface area contributed by atoms with Crippen LogP contribution in [0.3, 0.4) is 0 Å². The van der Waals surface area contributed by atoms with Gasteiger partial charge in [0.2, 0.25) is 0 Å². The van der Waals surface area contributed by atoms with E-state index in [2.05, 4.69) is 20.6 Å². The fourth-order valence-electron chi connectivity index (χ4n) is 2.48. The third-order valence-electron chi connectivity index (χ3n) is 3.73. The molecular formula is C13H11Cl3N4O2. The van der Waals surface area contributed by atoms with Gasteiger partial charge in [0.05, 0.1) is 9.90 Å². The molecule has 1 heterocycles. The highest BCUT2D eigenvalue weighted by molar-refractivity contribution is 6.43. The van der Waals surface area contributed by atoms with Gasteiger partial charge in [-0.15, -0.1) is 21.8 Å². The van der Waals surface area contributed by atoms with Crippen LogP contribution in [0.2, 0.25) is 10.0 Å². The lowest BCUT2D eigenvalue weighted by Gasteiger charge is -2.17. The van der Waals surface area contributed by atoms with Gasteiger partial charge < -0.3 is 4.74 Å². The zero-order chi connectivity index (χ0) is 15.9. The fourth-order valence-corrected chi connectivity index (χ4v) is 3.24. The topological polar surface area (TPSA) is 80.8 Å². The molecule has 0 aliphatic heterocycles. The summed E-state index contributed by atoms with van der Waals surface area (Å²) in [6.45, 7) is 2.02. The van der Waals surface area contributed by atoms with Gasteiger partial charge in [-0.05, 0) is 41.7 Å². The molecule has 1 aromatic carbocycles. The van der Waals surface area contributed by atoms with Crippen LogP contribution in [0.25, 0.3) is 0 Å². The number of tetrazole rings is 1. The van der Waals surface area contributed by atoms with Gasteiger partial charge in [0.25, 0.3) is 5.82 Å². The summed E-state index contributed by atoms with van der Waals surface area (Å²) >= 11 is 19.0. The second-order valence-corrected chi connectivity index (χ2v) is 6.68. The average Bonchev–Trinajstić information content (AvgIpc) is 3.12. The molecule has 2 aromatic rings. The van der Waals surface area contributed by atoms with Crippen molar-refractivity contribution in [3.8, 4) is 5.75 Å². The Morgan fingerprint density at radius 2 is 2.18 bits per heavy atom. The van der Waals surface area contributed by atoms with Crippen molar-refractivity contribution >= 4 is 40.8 Å². The van der Waals surface area contributed by atoms with Crippen molar-refractivity contribution in [2.24, 2.45) is 0 Å². The summed E-state index contributed by atoms with van der Waals surface area (Å²) in [5.41, 5.74) is 1.84. The average molecular weight is 362 g/mol. The van der Waals surface area contributed by atoms with Gasteiger partial charge >= 0.3 is 5.97 Å². The number of rotatable bonds is 3. The fraction of sp³-hybridized carbons (Fsp3) is 0.385. The lowest BCUT2D eigenvalue weighted by atomic mass is 10.0. The van der Waals surface area contributed by atoms with Crippen molar-refractivity contribution in [1.29, 1.82) is 0 Å². The van der Waals surface area contributed by atoms with Gasteiger partial charge in [0.15, 0.2) is 5.75 Å². The minimum Gasteiger partial charge on any atom is -0.419 e. The first-order valence-electron chi connectivity index (χ1n) is 6.58. The van der Waals surface area contributed by atoms with Crippen molar-refractivity contribution in [3.63, 3.8) is 0 Å². The molecule has 1 aromatic heterocycles. The zero-order valence-corrected chi connectivity index (χ0v) is 13.8. The molecule has 116 valence electrons. The van der Waals surface area contributed by atoms with Gasteiger partial charge in [-0.25, -0.2) is 4.79 Å². The molecule has 1 unspecified atom stereocenters. The van der Waals surface area contributed by atoms with E-state index >= 15 is 0 Å². The van der Waals surface area contributed by atoms with Crippen molar-refractivity contribution in [2.45, 2.75) is 31.1 Å². The Kier molecular flexibility index (Phi) is 4.01. The Labute approximate surface area is 141 Å². The number of aromatic amines is 1. The molecule has 0 saturated carbocycles. The molecule has 1 atom stereocenters. The third kappa shape index (κ3) is 2.66. The number of fused-ring (bicyclic) bond motifs is 1. The highest BCUT2D eigenvalue weighted by atomic mass is 35.5. The SMILES string of the molecule is CCC1(Cl)Cc2cc(OC(=O)c3nn[nH]n3)c(Cl)c(Cl)c2C1. The highest BCUT2D eigenvalue weighted by Crippen LogP contribution is 2.46. The van der Waals surface area contributed by atoms with Gasteiger partial charge in [-0.2, -0.15) is 5.21 Å². The second kappa shape index (κ2) is 5.68. The molecule has 3 rings (SSSR count). The number of aromatic nitrogens is 4. The largest absolute Gasteiger partial charge is 0.419 e. The molecule has 0 spiro atoms. The number of hydrogen-bond acceptors (Lipinski definition) is 5. The van der Waals surface area contributed by atoms with Crippen molar-refractivity contribution in [3.05, 3.63) is 33.1 Å². The van der Waals surface area contributed by atoms with Crippen LogP contribution in [0.1, 0.15) is 35.1 Å². The summed E-state index contributed by atoms with van der Waals surface area (Å²) in [4.78, 5) is 11.5. The molecule has 6 nitrogen and oxygen atoms in total. The molecule has 0 fully saturated rings. The maximum atomic E-state index is 11.9. The number of hydrogen-bond donors (Lipinski definition) is 1.